The van der Waals surface area contributed by atoms with E-state index in [0.717, 1.165) is 35.5 Å². The van der Waals surface area contributed by atoms with Crippen molar-refractivity contribution < 1.29 is 22.4 Å². The molecule has 0 saturated heterocycles. The smallest absolute Gasteiger partial charge is 0.416 e. The summed E-state index contributed by atoms with van der Waals surface area (Å²) < 4.78 is 43.8. The maximum absolute atomic E-state index is 12.8. The second-order valence-electron chi connectivity index (χ2n) is 5.79. The molecule has 11 heteroatoms. The van der Waals surface area contributed by atoms with E-state index >= 15 is 0 Å². The fraction of sp³-hybridized carbons (Fsp3) is 0.167. The minimum Gasteiger partial charge on any atom is -0.416 e. The van der Waals surface area contributed by atoms with Crippen molar-refractivity contribution in [2.75, 3.05) is 11.1 Å². The SMILES string of the molecule is O=C(CSc1nnc(Cc2ccc(Cl)cc2)o1)Nc1cc(C(F)(F)F)ccc1Cl. The number of anilines is 1. The summed E-state index contributed by atoms with van der Waals surface area (Å²) in [5.41, 5.74) is -0.110. The molecule has 1 N–H and O–H groups in total. The van der Waals surface area contributed by atoms with Crippen LogP contribution in [0.15, 0.2) is 52.1 Å². The Bertz CT molecular complexity index is 1010. The Morgan fingerprint density at radius 3 is 2.52 bits per heavy atom. The number of halogens is 5. The third kappa shape index (κ3) is 6.12. The number of hydrogen-bond donors (Lipinski definition) is 1. The van der Waals surface area contributed by atoms with Crippen LogP contribution >= 0.6 is 35.0 Å². The van der Waals surface area contributed by atoms with Crippen LogP contribution in [0.1, 0.15) is 17.0 Å². The van der Waals surface area contributed by atoms with E-state index in [1.54, 1.807) is 12.1 Å². The molecule has 0 unspecified atom stereocenters. The van der Waals surface area contributed by atoms with Gasteiger partial charge in [-0.3, -0.25) is 4.79 Å². The predicted octanol–water partition coefficient (Wildman–Crippen LogP) is 5.72. The molecular weight excluding hydrogens is 450 g/mol. The van der Waals surface area contributed by atoms with Gasteiger partial charge in [0.25, 0.3) is 5.22 Å². The molecule has 5 nitrogen and oxygen atoms in total. The second-order valence-corrected chi connectivity index (χ2v) is 7.56. The van der Waals surface area contributed by atoms with E-state index in [-0.39, 0.29) is 21.7 Å². The molecule has 0 radical (unpaired) electrons. The Morgan fingerprint density at radius 2 is 1.83 bits per heavy atom. The highest BCUT2D eigenvalue weighted by molar-refractivity contribution is 7.99. The van der Waals surface area contributed by atoms with Gasteiger partial charge in [-0.15, -0.1) is 10.2 Å². The Morgan fingerprint density at radius 1 is 1.10 bits per heavy atom. The summed E-state index contributed by atoms with van der Waals surface area (Å²) in [6.07, 6.45) is -4.14. The van der Waals surface area contributed by atoms with Crippen LogP contribution in [0.5, 0.6) is 0 Å². The average Bonchev–Trinajstić information content (AvgIpc) is 3.10. The van der Waals surface area contributed by atoms with Crippen molar-refractivity contribution in [2.45, 2.75) is 17.8 Å². The molecule has 0 bridgehead atoms. The van der Waals surface area contributed by atoms with Crippen LogP contribution in [0, 0.1) is 0 Å². The van der Waals surface area contributed by atoms with E-state index in [2.05, 4.69) is 15.5 Å². The number of nitrogens with zero attached hydrogens (tertiary/aromatic N) is 2. The first-order chi connectivity index (χ1) is 13.7. The maximum Gasteiger partial charge on any atom is 0.416 e. The lowest BCUT2D eigenvalue weighted by Crippen LogP contribution is -2.15. The van der Waals surface area contributed by atoms with Crippen LogP contribution in [0.4, 0.5) is 18.9 Å². The molecule has 29 heavy (non-hydrogen) atoms. The van der Waals surface area contributed by atoms with E-state index in [1.165, 1.54) is 0 Å². The molecule has 0 aliphatic heterocycles. The van der Waals surface area contributed by atoms with E-state index in [9.17, 15) is 18.0 Å². The number of carbonyl (C=O) groups is 1. The zero-order valence-electron chi connectivity index (χ0n) is 14.5. The van der Waals surface area contributed by atoms with Gasteiger partial charge in [-0.25, -0.2) is 0 Å². The van der Waals surface area contributed by atoms with Gasteiger partial charge < -0.3 is 9.73 Å². The first-order valence-corrected chi connectivity index (χ1v) is 9.81. The van der Waals surface area contributed by atoms with Crippen molar-refractivity contribution in [1.29, 1.82) is 0 Å². The maximum atomic E-state index is 12.8. The zero-order valence-corrected chi connectivity index (χ0v) is 16.8. The normalized spacial score (nSPS) is 11.5. The van der Waals surface area contributed by atoms with Crippen molar-refractivity contribution in [3.8, 4) is 0 Å². The monoisotopic (exact) mass is 461 g/mol. The minimum atomic E-state index is -4.54. The lowest BCUT2D eigenvalue weighted by atomic mass is 10.1. The van der Waals surface area contributed by atoms with E-state index in [0.29, 0.717) is 17.3 Å². The summed E-state index contributed by atoms with van der Waals surface area (Å²) in [5, 5.41) is 10.9. The number of thioether (sulfide) groups is 1. The van der Waals surface area contributed by atoms with Gasteiger partial charge in [-0.2, -0.15) is 13.2 Å². The predicted molar refractivity (Wildman–Crippen MR) is 104 cm³/mol. The number of hydrogen-bond acceptors (Lipinski definition) is 5. The highest BCUT2D eigenvalue weighted by Crippen LogP contribution is 2.34. The van der Waals surface area contributed by atoms with Gasteiger partial charge in [-0.1, -0.05) is 47.1 Å². The van der Waals surface area contributed by atoms with Crippen molar-refractivity contribution in [2.24, 2.45) is 0 Å². The van der Waals surface area contributed by atoms with Gasteiger partial charge in [0.15, 0.2) is 0 Å². The molecule has 0 fully saturated rings. The Balaban J connectivity index is 1.56. The van der Waals surface area contributed by atoms with Crippen LogP contribution in [0.3, 0.4) is 0 Å². The number of aromatic nitrogens is 2. The highest BCUT2D eigenvalue weighted by atomic mass is 35.5. The largest absolute Gasteiger partial charge is 0.416 e. The van der Waals surface area contributed by atoms with Crippen molar-refractivity contribution >= 4 is 46.6 Å². The number of benzene rings is 2. The Kier molecular flexibility index (Phi) is 6.71. The molecule has 3 aromatic rings. The van der Waals surface area contributed by atoms with Crippen molar-refractivity contribution in [3.05, 3.63) is 69.5 Å². The lowest BCUT2D eigenvalue weighted by Gasteiger charge is -2.11. The van der Waals surface area contributed by atoms with Crippen LogP contribution in [0.25, 0.3) is 0 Å². The zero-order chi connectivity index (χ0) is 21.0. The minimum absolute atomic E-state index is 0.000564. The fourth-order valence-electron chi connectivity index (χ4n) is 2.26. The molecule has 0 atom stereocenters. The molecule has 0 saturated carbocycles. The van der Waals surface area contributed by atoms with Crippen LogP contribution in [-0.2, 0) is 17.4 Å². The van der Waals surface area contributed by atoms with E-state index < -0.39 is 17.6 Å². The molecular formula is C18H12Cl2F3N3O2S. The van der Waals surface area contributed by atoms with Crippen LogP contribution < -0.4 is 5.32 Å². The van der Waals surface area contributed by atoms with Crippen molar-refractivity contribution in [1.82, 2.24) is 10.2 Å². The molecule has 1 aromatic heterocycles. The summed E-state index contributed by atoms with van der Waals surface area (Å²) >= 11 is 12.6. The molecule has 0 aliphatic rings. The van der Waals surface area contributed by atoms with E-state index in [1.807, 2.05) is 12.1 Å². The van der Waals surface area contributed by atoms with Crippen LogP contribution in [0.2, 0.25) is 10.0 Å². The molecule has 2 aromatic carbocycles. The quantitative estimate of drug-likeness (QED) is 0.475. The van der Waals surface area contributed by atoms with E-state index in [4.69, 9.17) is 27.6 Å². The molecule has 0 spiro atoms. The average molecular weight is 462 g/mol. The number of rotatable bonds is 6. The summed E-state index contributed by atoms with van der Waals surface area (Å²) in [5.74, 6) is -0.348. The highest BCUT2D eigenvalue weighted by Gasteiger charge is 2.31. The molecule has 1 amide bonds. The lowest BCUT2D eigenvalue weighted by molar-refractivity contribution is -0.137. The molecule has 0 aliphatic carbocycles. The topological polar surface area (TPSA) is 68.0 Å². The third-order valence-electron chi connectivity index (χ3n) is 3.61. The third-order valence-corrected chi connectivity index (χ3v) is 5.01. The van der Waals surface area contributed by atoms with Gasteiger partial charge in [-0.05, 0) is 35.9 Å². The van der Waals surface area contributed by atoms with Gasteiger partial charge in [0.05, 0.1) is 28.4 Å². The number of nitrogens with one attached hydrogen (secondary N) is 1. The molecule has 1 heterocycles. The van der Waals surface area contributed by atoms with Crippen molar-refractivity contribution in [3.63, 3.8) is 0 Å². The summed E-state index contributed by atoms with van der Waals surface area (Å²) in [4.78, 5) is 12.1. The van der Waals surface area contributed by atoms with Gasteiger partial charge in [0.2, 0.25) is 11.8 Å². The second kappa shape index (κ2) is 9.06. The molecule has 3 rings (SSSR count). The Labute approximate surface area is 177 Å². The first kappa shape index (κ1) is 21.5. The number of carbonyl (C=O) groups excluding carboxylic acids is 1. The van der Waals surface area contributed by atoms with Gasteiger partial charge in [0, 0.05) is 5.02 Å². The van der Waals surface area contributed by atoms with Crippen LogP contribution in [-0.4, -0.2) is 21.9 Å². The summed E-state index contributed by atoms with van der Waals surface area (Å²) in [6, 6.07) is 9.83. The summed E-state index contributed by atoms with van der Waals surface area (Å²) in [6.45, 7) is 0. The number of amides is 1. The molecule has 152 valence electrons. The standard InChI is InChI=1S/C18H12Cl2F3N3O2S/c19-12-4-1-10(2-5-12)7-16-25-26-17(28-16)29-9-15(27)24-14-8-11(18(21,22)23)3-6-13(14)20/h1-6,8H,7,9H2,(H,24,27). The fourth-order valence-corrected chi connectivity index (χ4v) is 3.13. The summed E-state index contributed by atoms with van der Waals surface area (Å²) in [7, 11) is 0. The first-order valence-electron chi connectivity index (χ1n) is 8.07. The number of alkyl halides is 3. The van der Waals surface area contributed by atoms with Gasteiger partial charge in [0.1, 0.15) is 0 Å². The Hall–Kier alpha value is -2.23. The van der Waals surface area contributed by atoms with Gasteiger partial charge >= 0.3 is 6.18 Å².